The van der Waals surface area contributed by atoms with E-state index in [2.05, 4.69) is 15.5 Å². The van der Waals surface area contributed by atoms with E-state index in [9.17, 15) is 14.7 Å². The minimum Gasteiger partial charge on any atom is -0.480 e. The summed E-state index contributed by atoms with van der Waals surface area (Å²) in [6.45, 7) is 0. The van der Waals surface area contributed by atoms with Crippen molar-refractivity contribution in [3.05, 3.63) is 53.9 Å². The van der Waals surface area contributed by atoms with Crippen molar-refractivity contribution in [3.63, 3.8) is 0 Å². The van der Waals surface area contributed by atoms with E-state index in [1.807, 2.05) is 30.3 Å². The molecule has 3 N–H and O–H groups in total. The number of nitrogens with zero attached hydrogens (tertiary/aromatic N) is 1. The summed E-state index contributed by atoms with van der Waals surface area (Å²) < 4.78 is 0. The molecule has 1 amide bonds. The number of hydrogen-bond acceptors (Lipinski definition) is 3. The topological polar surface area (TPSA) is 95.1 Å². The van der Waals surface area contributed by atoms with Crippen LogP contribution in [0.15, 0.2) is 42.7 Å². The molecule has 1 heterocycles. The average Bonchev–Trinajstić information content (AvgIpc) is 3.03. The lowest BCUT2D eigenvalue weighted by molar-refractivity contribution is -0.142. The largest absolute Gasteiger partial charge is 0.480 e. The van der Waals surface area contributed by atoms with Crippen LogP contribution in [-0.4, -0.2) is 33.2 Å². The third kappa shape index (κ3) is 5.05. The number of carboxylic acid groups (broad SMARTS) is 1. The Balaban J connectivity index is 1.79. The van der Waals surface area contributed by atoms with Crippen molar-refractivity contribution in [2.45, 2.75) is 31.7 Å². The van der Waals surface area contributed by atoms with Gasteiger partial charge in [-0.2, -0.15) is 5.10 Å². The molecule has 0 aliphatic rings. The molecule has 22 heavy (non-hydrogen) atoms. The highest BCUT2D eigenvalue weighted by molar-refractivity contribution is 5.83. The smallest absolute Gasteiger partial charge is 0.326 e. The van der Waals surface area contributed by atoms with Gasteiger partial charge >= 0.3 is 5.97 Å². The van der Waals surface area contributed by atoms with Gasteiger partial charge in [-0.3, -0.25) is 9.89 Å². The van der Waals surface area contributed by atoms with Gasteiger partial charge in [0, 0.05) is 12.6 Å². The number of carboxylic acids is 1. The fraction of sp³-hybridized carbons (Fsp3) is 0.312. The summed E-state index contributed by atoms with van der Waals surface area (Å²) in [7, 11) is 0. The van der Waals surface area contributed by atoms with E-state index in [1.54, 1.807) is 12.4 Å². The van der Waals surface area contributed by atoms with Gasteiger partial charge in [0.1, 0.15) is 6.04 Å². The number of aryl methyl sites for hydroxylation is 2. The number of carbonyl (C=O) groups excluding carboxylic acids is 1. The van der Waals surface area contributed by atoms with E-state index in [1.165, 1.54) is 0 Å². The van der Waals surface area contributed by atoms with Crippen molar-refractivity contribution in [2.75, 3.05) is 0 Å². The lowest BCUT2D eigenvalue weighted by atomic mass is 10.1. The number of aromatic nitrogens is 2. The number of carbonyl (C=O) groups is 2. The molecule has 1 atom stereocenters. The Morgan fingerprint density at radius 2 is 1.95 bits per heavy atom. The van der Waals surface area contributed by atoms with E-state index < -0.39 is 12.0 Å². The molecule has 6 heteroatoms. The van der Waals surface area contributed by atoms with E-state index >= 15 is 0 Å². The Labute approximate surface area is 128 Å². The molecule has 0 radical (unpaired) electrons. The first-order valence-electron chi connectivity index (χ1n) is 7.19. The van der Waals surface area contributed by atoms with Crippen molar-refractivity contribution in [3.8, 4) is 0 Å². The number of rotatable bonds is 8. The van der Waals surface area contributed by atoms with Gasteiger partial charge < -0.3 is 10.4 Å². The van der Waals surface area contributed by atoms with E-state index in [0.29, 0.717) is 19.3 Å². The number of H-pyrrole nitrogens is 1. The maximum absolute atomic E-state index is 11.9. The number of aromatic amines is 1. The highest BCUT2D eigenvalue weighted by Crippen LogP contribution is 2.05. The van der Waals surface area contributed by atoms with Crippen molar-refractivity contribution in [1.82, 2.24) is 15.5 Å². The van der Waals surface area contributed by atoms with E-state index in [4.69, 9.17) is 0 Å². The Kier molecular flexibility index (Phi) is 5.71. The lowest BCUT2D eigenvalue weighted by Gasteiger charge is -2.14. The lowest BCUT2D eigenvalue weighted by Crippen LogP contribution is -2.41. The van der Waals surface area contributed by atoms with Crippen LogP contribution in [0.2, 0.25) is 0 Å². The molecule has 0 aliphatic carbocycles. The highest BCUT2D eigenvalue weighted by atomic mass is 16.4. The van der Waals surface area contributed by atoms with Crippen LogP contribution in [0.1, 0.15) is 24.0 Å². The Hall–Kier alpha value is -2.63. The SMILES string of the molecule is O=C(CCc1ccccc1)NC(CCc1cn[nH]c1)C(=O)O. The van der Waals surface area contributed by atoms with Gasteiger partial charge in [0.15, 0.2) is 0 Å². The zero-order valence-corrected chi connectivity index (χ0v) is 12.2. The van der Waals surface area contributed by atoms with Gasteiger partial charge in [-0.15, -0.1) is 0 Å². The van der Waals surface area contributed by atoms with Crippen LogP contribution in [0.5, 0.6) is 0 Å². The number of hydrogen-bond donors (Lipinski definition) is 3. The maximum Gasteiger partial charge on any atom is 0.326 e. The molecule has 0 bridgehead atoms. The third-order valence-corrected chi connectivity index (χ3v) is 3.39. The fourth-order valence-electron chi connectivity index (χ4n) is 2.15. The molecule has 0 fully saturated rings. The fourth-order valence-corrected chi connectivity index (χ4v) is 2.15. The summed E-state index contributed by atoms with van der Waals surface area (Å²) in [5, 5.41) is 18.3. The highest BCUT2D eigenvalue weighted by Gasteiger charge is 2.19. The average molecular weight is 301 g/mol. The van der Waals surface area contributed by atoms with Crippen LogP contribution in [0.3, 0.4) is 0 Å². The van der Waals surface area contributed by atoms with Gasteiger partial charge in [0.25, 0.3) is 0 Å². The molecule has 1 unspecified atom stereocenters. The monoisotopic (exact) mass is 301 g/mol. The van der Waals surface area contributed by atoms with Gasteiger partial charge in [0.05, 0.1) is 6.20 Å². The molecule has 6 nitrogen and oxygen atoms in total. The first-order valence-corrected chi connectivity index (χ1v) is 7.19. The molecule has 2 rings (SSSR count). The predicted molar refractivity (Wildman–Crippen MR) is 81.2 cm³/mol. The second-order valence-electron chi connectivity index (χ2n) is 5.09. The zero-order valence-electron chi connectivity index (χ0n) is 12.2. The van der Waals surface area contributed by atoms with E-state index in [0.717, 1.165) is 11.1 Å². The quantitative estimate of drug-likeness (QED) is 0.689. The van der Waals surface area contributed by atoms with Gasteiger partial charge in [-0.25, -0.2) is 4.79 Å². The zero-order chi connectivity index (χ0) is 15.8. The van der Waals surface area contributed by atoms with Crippen molar-refractivity contribution < 1.29 is 14.7 Å². The molecule has 0 spiro atoms. The maximum atomic E-state index is 11.9. The molecule has 1 aromatic heterocycles. The molecule has 116 valence electrons. The summed E-state index contributed by atoms with van der Waals surface area (Å²) >= 11 is 0. The molecule has 0 aliphatic heterocycles. The third-order valence-electron chi connectivity index (χ3n) is 3.39. The number of nitrogens with one attached hydrogen (secondary N) is 2. The Bertz CT molecular complexity index is 596. The summed E-state index contributed by atoms with van der Waals surface area (Å²) in [5.41, 5.74) is 1.98. The summed E-state index contributed by atoms with van der Waals surface area (Å²) in [6, 6.07) is 8.76. The molecule has 2 aromatic rings. The van der Waals surface area contributed by atoms with Crippen LogP contribution < -0.4 is 5.32 Å². The van der Waals surface area contributed by atoms with Crippen molar-refractivity contribution >= 4 is 11.9 Å². The molecule has 0 saturated carbocycles. The second-order valence-corrected chi connectivity index (χ2v) is 5.09. The summed E-state index contributed by atoms with van der Waals surface area (Å²) in [5.74, 6) is -1.26. The normalized spacial score (nSPS) is 11.8. The number of aliphatic carboxylic acids is 1. The minimum absolute atomic E-state index is 0.247. The Morgan fingerprint density at radius 3 is 2.59 bits per heavy atom. The first-order chi connectivity index (χ1) is 10.6. The molecule has 0 saturated heterocycles. The summed E-state index contributed by atoms with van der Waals surface area (Å²) in [6.07, 6.45) is 5.13. The van der Waals surface area contributed by atoms with Crippen molar-refractivity contribution in [1.29, 1.82) is 0 Å². The summed E-state index contributed by atoms with van der Waals surface area (Å²) in [4.78, 5) is 23.1. The van der Waals surface area contributed by atoms with Crippen LogP contribution in [-0.2, 0) is 22.4 Å². The van der Waals surface area contributed by atoms with Crippen molar-refractivity contribution in [2.24, 2.45) is 0 Å². The number of amides is 1. The van der Waals surface area contributed by atoms with Crippen LogP contribution in [0.4, 0.5) is 0 Å². The molecule has 1 aromatic carbocycles. The molecular weight excluding hydrogens is 282 g/mol. The van der Waals surface area contributed by atoms with Crippen LogP contribution in [0, 0.1) is 0 Å². The Morgan fingerprint density at radius 1 is 1.18 bits per heavy atom. The van der Waals surface area contributed by atoms with Gasteiger partial charge in [0.2, 0.25) is 5.91 Å². The standard InChI is InChI=1S/C16H19N3O3/c20-15(9-7-12-4-2-1-3-5-12)19-14(16(21)22)8-6-13-10-17-18-11-13/h1-5,10-11,14H,6-9H2,(H,17,18)(H,19,20)(H,21,22). The van der Waals surface area contributed by atoms with Gasteiger partial charge in [-0.05, 0) is 30.4 Å². The molecular formula is C16H19N3O3. The van der Waals surface area contributed by atoms with Crippen LogP contribution >= 0.6 is 0 Å². The minimum atomic E-state index is -1.02. The van der Waals surface area contributed by atoms with Gasteiger partial charge in [-0.1, -0.05) is 30.3 Å². The second kappa shape index (κ2) is 7.97. The van der Waals surface area contributed by atoms with E-state index in [-0.39, 0.29) is 12.3 Å². The first kappa shape index (κ1) is 15.8. The van der Waals surface area contributed by atoms with Crippen LogP contribution in [0.25, 0.3) is 0 Å². The predicted octanol–water partition coefficient (Wildman–Crippen LogP) is 1.54. The number of benzene rings is 1.